The molecule has 0 bridgehead atoms. The third kappa shape index (κ3) is 2.71. The summed E-state index contributed by atoms with van der Waals surface area (Å²) in [7, 11) is 0. The van der Waals surface area contributed by atoms with Gasteiger partial charge in [-0.1, -0.05) is 6.07 Å². The van der Waals surface area contributed by atoms with Crippen LogP contribution in [0.1, 0.15) is 4.88 Å². The van der Waals surface area contributed by atoms with Crippen LogP contribution in [0.5, 0.6) is 0 Å². The van der Waals surface area contributed by atoms with E-state index < -0.39 is 5.69 Å². The summed E-state index contributed by atoms with van der Waals surface area (Å²) in [4.78, 5) is 15.4. The van der Waals surface area contributed by atoms with E-state index in [0.29, 0.717) is 5.82 Å². The zero-order chi connectivity index (χ0) is 10.5. The van der Waals surface area contributed by atoms with Gasteiger partial charge in [-0.25, -0.2) is 9.89 Å². The van der Waals surface area contributed by atoms with Crippen LogP contribution in [0.25, 0.3) is 0 Å². The molecule has 0 saturated carbocycles. The Labute approximate surface area is 88.7 Å². The first kappa shape index (κ1) is 9.53. The number of hydrogen-bond acceptors (Lipinski definition) is 6. The predicted octanol–water partition coefficient (Wildman–Crippen LogP) is 0.672. The van der Waals surface area contributed by atoms with E-state index in [4.69, 9.17) is 0 Å². The van der Waals surface area contributed by atoms with Gasteiger partial charge >= 0.3 is 5.69 Å². The Hall–Kier alpha value is -2.02. The SMILES string of the molecule is O=c1nc(N/N=C/c2cccs2)cn[nH]1. The molecule has 0 atom stereocenters. The first-order chi connectivity index (χ1) is 7.34. The number of nitrogens with zero attached hydrogens (tertiary/aromatic N) is 3. The molecule has 15 heavy (non-hydrogen) atoms. The number of aromatic amines is 1. The van der Waals surface area contributed by atoms with Crippen LogP contribution in [0.2, 0.25) is 0 Å². The van der Waals surface area contributed by atoms with Gasteiger partial charge in [0, 0.05) is 4.88 Å². The molecule has 2 aromatic rings. The van der Waals surface area contributed by atoms with Crippen LogP contribution in [-0.4, -0.2) is 21.4 Å². The van der Waals surface area contributed by atoms with Crippen LogP contribution >= 0.6 is 11.3 Å². The lowest BCUT2D eigenvalue weighted by Gasteiger charge is -1.94. The summed E-state index contributed by atoms with van der Waals surface area (Å²) in [6.45, 7) is 0. The van der Waals surface area contributed by atoms with Crippen LogP contribution in [0.4, 0.5) is 5.82 Å². The van der Waals surface area contributed by atoms with Crippen molar-refractivity contribution in [1.29, 1.82) is 0 Å². The van der Waals surface area contributed by atoms with Gasteiger partial charge in [-0.15, -0.1) is 11.3 Å². The molecule has 0 amide bonds. The zero-order valence-electron chi connectivity index (χ0n) is 7.54. The topological polar surface area (TPSA) is 83.0 Å². The molecule has 0 saturated heterocycles. The van der Waals surface area contributed by atoms with E-state index in [1.807, 2.05) is 17.5 Å². The summed E-state index contributed by atoms with van der Waals surface area (Å²) in [5.74, 6) is 0.312. The van der Waals surface area contributed by atoms with Gasteiger partial charge in [-0.3, -0.25) is 5.43 Å². The average molecular weight is 221 g/mol. The Morgan fingerprint density at radius 3 is 3.27 bits per heavy atom. The van der Waals surface area contributed by atoms with Gasteiger partial charge in [0.2, 0.25) is 0 Å². The molecule has 0 aliphatic rings. The molecule has 0 aliphatic heterocycles. The largest absolute Gasteiger partial charge is 0.363 e. The Morgan fingerprint density at radius 1 is 1.60 bits per heavy atom. The van der Waals surface area contributed by atoms with Gasteiger partial charge in [0.15, 0.2) is 5.82 Å². The molecule has 0 radical (unpaired) electrons. The van der Waals surface area contributed by atoms with Gasteiger partial charge in [0.1, 0.15) is 0 Å². The lowest BCUT2D eigenvalue weighted by molar-refractivity contribution is 0.913. The van der Waals surface area contributed by atoms with E-state index in [0.717, 1.165) is 4.88 Å². The molecule has 76 valence electrons. The number of aromatic nitrogens is 3. The molecule has 2 N–H and O–H groups in total. The van der Waals surface area contributed by atoms with Gasteiger partial charge in [0.05, 0.1) is 12.4 Å². The van der Waals surface area contributed by atoms with Gasteiger partial charge in [-0.05, 0) is 11.4 Å². The molecule has 0 fully saturated rings. The number of H-pyrrole nitrogens is 1. The second-order valence-corrected chi connectivity index (χ2v) is 3.54. The monoisotopic (exact) mass is 221 g/mol. The highest BCUT2D eigenvalue weighted by atomic mass is 32.1. The third-order valence-corrected chi connectivity index (χ3v) is 2.29. The Bertz CT molecular complexity index is 504. The molecule has 0 spiro atoms. The molecule has 0 aromatic carbocycles. The zero-order valence-corrected chi connectivity index (χ0v) is 8.36. The molecular formula is C8H7N5OS. The van der Waals surface area contributed by atoms with Crippen molar-refractivity contribution in [3.63, 3.8) is 0 Å². The number of thiophene rings is 1. The highest BCUT2D eigenvalue weighted by molar-refractivity contribution is 7.11. The molecule has 7 heteroatoms. The van der Waals surface area contributed by atoms with Crippen LogP contribution < -0.4 is 11.1 Å². The van der Waals surface area contributed by atoms with E-state index in [2.05, 4.69) is 25.7 Å². The van der Waals surface area contributed by atoms with Gasteiger partial charge < -0.3 is 0 Å². The maximum atomic E-state index is 10.8. The minimum atomic E-state index is -0.508. The van der Waals surface area contributed by atoms with E-state index in [1.165, 1.54) is 6.20 Å². The lowest BCUT2D eigenvalue weighted by Crippen LogP contribution is -2.13. The van der Waals surface area contributed by atoms with Gasteiger partial charge in [0.25, 0.3) is 0 Å². The van der Waals surface area contributed by atoms with Crippen LogP contribution in [-0.2, 0) is 0 Å². The highest BCUT2D eigenvalue weighted by Gasteiger charge is 1.92. The van der Waals surface area contributed by atoms with Crippen LogP contribution in [0.15, 0.2) is 33.6 Å². The summed E-state index contributed by atoms with van der Waals surface area (Å²) in [6, 6.07) is 3.86. The fraction of sp³-hybridized carbons (Fsp3) is 0. The van der Waals surface area contributed by atoms with Crippen LogP contribution in [0.3, 0.4) is 0 Å². The molecule has 2 rings (SSSR count). The fourth-order valence-corrected chi connectivity index (χ4v) is 1.48. The predicted molar refractivity (Wildman–Crippen MR) is 58.2 cm³/mol. The summed E-state index contributed by atoms with van der Waals surface area (Å²) in [5, 5.41) is 11.6. The smallest absolute Gasteiger partial charge is 0.260 e. The van der Waals surface area contributed by atoms with Crippen molar-refractivity contribution in [3.05, 3.63) is 39.1 Å². The Balaban J connectivity index is 2.02. The number of hydrogen-bond donors (Lipinski definition) is 2. The summed E-state index contributed by atoms with van der Waals surface area (Å²) >= 11 is 1.57. The minimum Gasteiger partial charge on any atom is -0.260 e. The second kappa shape index (κ2) is 4.47. The first-order valence-corrected chi connectivity index (χ1v) is 4.97. The molecule has 2 aromatic heterocycles. The molecule has 2 heterocycles. The fourth-order valence-electron chi connectivity index (χ4n) is 0.893. The third-order valence-electron chi connectivity index (χ3n) is 1.48. The van der Waals surface area contributed by atoms with E-state index in [9.17, 15) is 4.79 Å². The maximum absolute atomic E-state index is 10.8. The quantitative estimate of drug-likeness (QED) is 0.589. The van der Waals surface area contributed by atoms with Crippen molar-refractivity contribution < 1.29 is 0 Å². The molecule has 0 unspecified atom stereocenters. The summed E-state index contributed by atoms with van der Waals surface area (Å²) < 4.78 is 0. The number of hydrazone groups is 1. The number of nitrogens with one attached hydrogen (secondary N) is 2. The molecule has 0 aliphatic carbocycles. The van der Waals surface area contributed by atoms with Crippen molar-refractivity contribution in [2.24, 2.45) is 5.10 Å². The van der Waals surface area contributed by atoms with Crippen molar-refractivity contribution in [2.75, 3.05) is 5.43 Å². The van der Waals surface area contributed by atoms with E-state index >= 15 is 0 Å². The van der Waals surface area contributed by atoms with Gasteiger partial charge in [-0.2, -0.15) is 15.2 Å². The Morgan fingerprint density at radius 2 is 2.53 bits per heavy atom. The number of anilines is 1. The number of rotatable bonds is 3. The normalized spacial score (nSPS) is 10.7. The maximum Gasteiger partial charge on any atom is 0.363 e. The first-order valence-electron chi connectivity index (χ1n) is 4.09. The van der Waals surface area contributed by atoms with Crippen LogP contribution in [0, 0.1) is 0 Å². The van der Waals surface area contributed by atoms with Crippen molar-refractivity contribution in [3.8, 4) is 0 Å². The average Bonchev–Trinajstić information content (AvgIpc) is 2.71. The summed E-state index contributed by atoms with van der Waals surface area (Å²) in [6.07, 6.45) is 3.03. The summed E-state index contributed by atoms with van der Waals surface area (Å²) in [5.41, 5.74) is 2.10. The standard InChI is InChI=1S/C8H7N5OS/c14-8-11-7(5-10-13-8)12-9-4-6-2-1-3-15-6/h1-5H,(H2,11,12,13,14)/b9-4+. The molecule has 6 nitrogen and oxygen atoms in total. The van der Waals surface area contributed by atoms with E-state index in [1.54, 1.807) is 17.6 Å². The Kier molecular flexibility index (Phi) is 2.84. The minimum absolute atomic E-state index is 0.312. The van der Waals surface area contributed by atoms with E-state index in [-0.39, 0.29) is 0 Å². The molecular weight excluding hydrogens is 214 g/mol. The second-order valence-electron chi connectivity index (χ2n) is 2.56. The van der Waals surface area contributed by atoms with Crippen molar-refractivity contribution in [2.45, 2.75) is 0 Å². The highest BCUT2D eigenvalue weighted by Crippen LogP contribution is 2.04. The van der Waals surface area contributed by atoms with Crippen molar-refractivity contribution in [1.82, 2.24) is 15.2 Å². The lowest BCUT2D eigenvalue weighted by atomic mass is 10.5. The van der Waals surface area contributed by atoms with Crippen molar-refractivity contribution >= 4 is 23.4 Å².